The molecular formula is C19H17BN2O2. The van der Waals surface area contributed by atoms with E-state index in [4.69, 9.17) is 10.0 Å². The van der Waals surface area contributed by atoms with Crippen molar-refractivity contribution in [1.82, 2.24) is 0 Å². The van der Waals surface area contributed by atoms with E-state index >= 15 is 0 Å². The molecule has 0 saturated heterocycles. The molecule has 0 atom stereocenters. The average Bonchev–Trinajstić information content (AvgIpc) is 2.63. The van der Waals surface area contributed by atoms with Gasteiger partial charge in [0.25, 0.3) is 0 Å². The quantitative estimate of drug-likeness (QED) is 0.385. The smallest absolute Gasteiger partial charge is 0.423 e. The van der Waals surface area contributed by atoms with Crippen LogP contribution in [0.25, 0.3) is 11.1 Å². The Kier molecular flexibility index (Phi) is 5.06. The molecule has 3 rings (SSSR count). The molecule has 0 fully saturated rings. The number of nitrogens with zero attached hydrogens (tertiary/aromatic N) is 1. The van der Waals surface area contributed by atoms with Gasteiger partial charge in [-0.3, -0.25) is 5.43 Å². The van der Waals surface area contributed by atoms with Gasteiger partial charge in [0.1, 0.15) is 0 Å². The second kappa shape index (κ2) is 7.59. The zero-order valence-corrected chi connectivity index (χ0v) is 13.0. The van der Waals surface area contributed by atoms with Crippen molar-refractivity contribution < 1.29 is 10.0 Å². The molecule has 3 aromatic rings. The molecular weight excluding hydrogens is 299 g/mol. The van der Waals surface area contributed by atoms with Gasteiger partial charge >= 0.3 is 7.12 Å². The number of hydrogen-bond acceptors (Lipinski definition) is 4. The van der Waals surface area contributed by atoms with E-state index in [2.05, 4.69) is 10.5 Å². The van der Waals surface area contributed by atoms with E-state index in [1.165, 1.54) is 0 Å². The van der Waals surface area contributed by atoms with E-state index in [9.17, 15) is 0 Å². The molecule has 4 nitrogen and oxygen atoms in total. The molecule has 3 N–H and O–H groups in total. The summed E-state index contributed by atoms with van der Waals surface area (Å²) in [6.45, 7) is 0. The van der Waals surface area contributed by atoms with Gasteiger partial charge in [0.2, 0.25) is 0 Å². The molecule has 0 amide bonds. The van der Waals surface area contributed by atoms with Crippen LogP contribution in [-0.2, 0) is 0 Å². The van der Waals surface area contributed by atoms with Crippen LogP contribution < -0.4 is 10.9 Å². The molecule has 0 aliphatic carbocycles. The predicted octanol–water partition coefficient (Wildman–Crippen LogP) is 2.48. The van der Waals surface area contributed by atoms with Gasteiger partial charge in [-0.25, -0.2) is 0 Å². The van der Waals surface area contributed by atoms with Gasteiger partial charge in [-0.05, 0) is 40.4 Å². The Balaban J connectivity index is 1.74. The number of nitrogens with one attached hydrogen (secondary N) is 1. The van der Waals surface area contributed by atoms with Crippen LogP contribution in [0.1, 0.15) is 5.56 Å². The van der Waals surface area contributed by atoms with Gasteiger partial charge in [-0.1, -0.05) is 60.7 Å². The van der Waals surface area contributed by atoms with Crippen LogP contribution in [0.3, 0.4) is 0 Å². The third-order valence-electron chi connectivity index (χ3n) is 3.61. The Morgan fingerprint density at radius 3 is 2.25 bits per heavy atom. The fourth-order valence-electron chi connectivity index (χ4n) is 2.34. The highest BCUT2D eigenvalue weighted by Gasteiger charge is 2.10. The number of rotatable bonds is 5. The number of benzene rings is 3. The highest BCUT2D eigenvalue weighted by atomic mass is 16.4. The van der Waals surface area contributed by atoms with Crippen molar-refractivity contribution >= 4 is 24.5 Å². The summed E-state index contributed by atoms with van der Waals surface area (Å²) < 4.78 is 0. The van der Waals surface area contributed by atoms with Crippen molar-refractivity contribution in [2.24, 2.45) is 5.10 Å². The molecule has 0 unspecified atom stereocenters. The van der Waals surface area contributed by atoms with Crippen LogP contribution in [0.15, 0.2) is 84.0 Å². The molecule has 24 heavy (non-hydrogen) atoms. The lowest BCUT2D eigenvalue weighted by molar-refractivity contribution is 0.426. The second-order valence-corrected chi connectivity index (χ2v) is 5.36. The summed E-state index contributed by atoms with van der Waals surface area (Å²) >= 11 is 0. The number of hydrogen-bond donors (Lipinski definition) is 3. The number of hydrazone groups is 1. The molecule has 0 aliphatic rings. The minimum absolute atomic E-state index is 0.475. The second-order valence-electron chi connectivity index (χ2n) is 5.36. The molecule has 118 valence electrons. The van der Waals surface area contributed by atoms with Gasteiger partial charge in [0.05, 0.1) is 11.9 Å². The first-order valence-electron chi connectivity index (χ1n) is 7.63. The van der Waals surface area contributed by atoms with Crippen LogP contribution in [0.5, 0.6) is 0 Å². The normalized spacial score (nSPS) is 10.8. The minimum atomic E-state index is -1.44. The first-order valence-corrected chi connectivity index (χ1v) is 7.63. The third-order valence-corrected chi connectivity index (χ3v) is 3.61. The van der Waals surface area contributed by atoms with Crippen LogP contribution >= 0.6 is 0 Å². The molecule has 0 saturated carbocycles. The Morgan fingerprint density at radius 1 is 0.792 bits per heavy atom. The highest BCUT2D eigenvalue weighted by Crippen LogP contribution is 2.19. The third kappa shape index (κ3) is 4.10. The maximum atomic E-state index is 9.15. The number of anilines is 1. The summed E-state index contributed by atoms with van der Waals surface area (Å²) in [5.41, 5.74) is 7.41. The van der Waals surface area contributed by atoms with Crippen molar-refractivity contribution in [3.05, 3.63) is 84.4 Å². The van der Waals surface area contributed by atoms with Crippen LogP contribution in [0.4, 0.5) is 5.69 Å². The molecule has 0 bridgehead atoms. The molecule has 3 aromatic carbocycles. The van der Waals surface area contributed by atoms with Crippen LogP contribution in [0, 0.1) is 0 Å². The lowest BCUT2D eigenvalue weighted by Crippen LogP contribution is -2.29. The first-order chi connectivity index (χ1) is 11.7. The zero-order valence-electron chi connectivity index (χ0n) is 13.0. The van der Waals surface area contributed by atoms with Crippen molar-refractivity contribution in [2.75, 3.05) is 5.43 Å². The van der Waals surface area contributed by atoms with E-state index in [0.29, 0.717) is 5.46 Å². The Labute approximate surface area is 141 Å². The summed E-state index contributed by atoms with van der Waals surface area (Å²) in [7, 11) is -1.44. The summed E-state index contributed by atoms with van der Waals surface area (Å²) in [5.74, 6) is 0. The topological polar surface area (TPSA) is 64.8 Å². The molecule has 0 aliphatic heterocycles. The van der Waals surface area contributed by atoms with Crippen molar-refractivity contribution in [2.45, 2.75) is 0 Å². The maximum absolute atomic E-state index is 9.15. The Bertz CT molecular complexity index is 818. The molecule has 0 aromatic heterocycles. The number of para-hydroxylation sites is 1. The lowest BCUT2D eigenvalue weighted by atomic mass is 9.80. The van der Waals surface area contributed by atoms with E-state index in [-0.39, 0.29) is 0 Å². The maximum Gasteiger partial charge on any atom is 0.488 e. The standard InChI is InChI=1S/C19H17BN2O2/c23-20(24)18-11-9-16(10-12-18)17-6-4-5-15(13-17)14-21-22-19-7-2-1-3-8-19/h1-14,22-24H. The van der Waals surface area contributed by atoms with Crippen molar-refractivity contribution in [3.63, 3.8) is 0 Å². The van der Waals surface area contributed by atoms with Gasteiger partial charge in [0.15, 0.2) is 0 Å². The summed E-state index contributed by atoms with van der Waals surface area (Å²) in [6.07, 6.45) is 1.77. The summed E-state index contributed by atoms with van der Waals surface area (Å²) in [6, 6.07) is 24.9. The van der Waals surface area contributed by atoms with Crippen molar-refractivity contribution in [1.29, 1.82) is 0 Å². The largest absolute Gasteiger partial charge is 0.488 e. The van der Waals surface area contributed by atoms with E-state index in [1.807, 2.05) is 66.7 Å². The monoisotopic (exact) mass is 316 g/mol. The van der Waals surface area contributed by atoms with Gasteiger partial charge < -0.3 is 10.0 Å². The summed E-state index contributed by atoms with van der Waals surface area (Å²) in [4.78, 5) is 0. The van der Waals surface area contributed by atoms with Crippen molar-refractivity contribution in [3.8, 4) is 11.1 Å². The fraction of sp³-hybridized carbons (Fsp3) is 0. The van der Waals surface area contributed by atoms with Crippen LogP contribution in [0.2, 0.25) is 0 Å². The Hall–Kier alpha value is -2.89. The molecule has 0 radical (unpaired) electrons. The lowest BCUT2D eigenvalue weighted by Gasteiger charge is -2.05. The van der Waals surface area contributed by atoms with E-state index in [0.717, 1.165) is 22.4 Å². The van der Waals surface area contributed by atoms with Gasteiger partial charge in [-0.15, -0.1) is 0 Å². The Morgan fingerprint density at radius 2 is 1.54 bits per heavy atom. The summed E-state index contributed by atoms with van der Waals surface area (Å²) in [5, 5.41) is 22.5. The fourth-order valence-corrected chi connectivity index (χ4v) is 2.34. The van der Waals surface area contributed by atoms with E-state index < -0.39 is 7.12 Å². The predicted molar refractivity (Wildman–Crippen MR) is 99.4 cm³/mol. The SMILES string of the molecule is OB(O)c1ccc(-c2cccc(C=NNc3ccccc3)c2)cc1. The molecule has 0 heterocycles. The zero-order chi connectivity index (χ0) is 16.8. The highest BCUT2D eigenvalue weighted by molar-refractivity contribution is 6.58. The molecule has 0 spiro atoms. The van der Waals surface area contributed by atoms with Gasteiger partial charge in [0, 0.05) is 0 Å². The average molecular weight is 316 g/mol. The minimum Gasteiger partial charge on any atom is -0.423 e. The first kappa shape index (κ1) is 16.0. The van der Waals surface area contributed by atoms with Gasteiger partial charge in [-0.2, -0.15) is 5.10 Å². The molecule has 5 heteroatoms. The van der Waals surface area contributed by atoms with E-state index in [1.54, 1.807) is 18.3 Å². The van der Waals surface area contributed by atoms with Crippen LogP contribution in [-0.4, -0.2) is 23.4 Å².